The number of halogens is 2. The predicted octanol–water partition coefficient (Wildman–Crippen LogP) is 7.24. The molecular formula is C37H40ClFN6O2S. The third-order valence-electron chi connectivity index (χ3n) is 8.50. The molecule has 0 saturated carbocycles. The number of nitrogens with one attached hydrogen (secondary N) is 1. The lowest BCUT2D eigenvalue weighted by molar-refractivity contribution is -0.132. The number of hydrogen-bond acceptors (Lipinski definition) is 6. The molecule has 5 rings (SSSR count). The van der Waals surface area contributed by atoms with Gasteiger partial charge in [-0.05, 0) is 65.2 Å². The highest BCUT2D eigenvalue weighted by Crippen LogP contribution is 2.26. The molecule has 2 aromatic heterocycles. The van der Waals surface area contributed by atoms with E-state index in [4.69, 9.17) is 11.6 Å². The van der Waals surface area contributed by atoms with Crippen LogP contribution in [0.3, 0.4) is 0 Å². The molecule has 48 heavy (non-hydrogen) atoms. The first-order chi connectivity index (χ1) is 23.2. The van der Waals surface area contributed by atoms with Gasteiger partial charge < -0.3 is 14.4 Å². The summed E-state index contributed by atoms with van der Waals surface area (Å²) >= 11 is 7.42. The molecular weight excluding hydrogens is 647 g/mol. The molecule has 2 heterocycles. The topological polar surface area (TPSA) is 87.1 Å². The molecule has 1 N–H and O–H groups in total. The quantitative estimate of drug-likeness (QED) is 0.0923. The maximum absolute atomic E-state index is 14.2. The molecule has 0 aliphatic carbocycles. The van der Waals surface area contributed by atoms with Gasteiger partial charge in [0.05, 0.1) is 6.20 Å². The molecule has 0 fully saturated rings. The Balaban J connectivity index is 1.42. The Morgan fingerprint density at radius 1 is 0.958 bits per heavy atom. The summed E-state index contributed by atoms with van der Waals surface area (Å²) in [6.45, 7) is 9.65. The molecule has 3 aromatic carbocycles. The van der Waals surface area contributed by atoms with Gasteiger partial charge >= 0.3 is 0 Å². The van der Waals surface area contributed by atoms with E-state index in [1.165, 1.54) is 23.9 Å². The first-order valence-electron chi connectivity index (χ1n) is 16.1. The highest BCUT2D eigenvalue weighted by atomic mass is 35.5. The normalized spacial score (nSPS) is 12.0. The van der Waals surface area contributed by atoms with E-state index in [2.05, 4.69) is 58.2 Å². The molecule has 0 radical (unpaired) electrons. The van der Waals surface area contributed by atoms with E-state index in [0.29, 0.717) is 34.6 Å². The van der Waals surface area contributed by atoms with E-state index in [9.17, 15) is 14.0 Å². The fourth-order valence-electron chi connectivity index (χ4n) is 5.43. The van der Waals surface area contributed by atoms with Gasteiger partial charge in [-0.2, -0.15) is 10.1 Å². The van der Waals surface area contributed by atoms with E-state index in [1.807, 2.05) is 36.1 Å². The average Bonchev–Trinajstić information content (AvgIpc) is 3.64. The van der Waals surface area contributed by atoms with Crippen LogP contribution in [-0.4, -0.2) is 61.6 Å². The van der Waals surface area contributed by atoms with Crippen LogP contribution in [0.4, 0.5) is 4.39 Å². The van der Waals surface area contributed by atoms with Crippen LogP contribution in [0, 0.1) is 5.82 Å². The van der Waals surface area contributed by atoms with Gasteiger partial charge in [0.2, 0.25) is 5.91 Å². The third-order valence-corrected chi connectivity index (χ3v) is 9.81. The van der Waals surface area contributed by atoms with E-state index in [0.717, 1.165) is 47.5 Å². The van der Waals surface area contributed by atoms with Crippen molar-refractivity contribution in [2.75, 3.05) is 26.2 Å². The van der Waals surface area contributed by atoms with Gasteiger partial charge in [0, 0.05) is 54.3 Å². The monoisotopic (exact) mass is 686 g/mol. The van der Waals surface area contributed by atoms with Crippen LogP contribution in [0.1, 0.15) is 48.9 Å². The largest absolute Gasteiger partial charge is 0.336 e. The van der Waals surface area contributed by atoms with E-state index in [1.54, 1.807) is 35.3 Å². The molecule has 11 heteroatoms. The lowest BCUT2D eigenvalue weighted by Crippen LogP contribution is -2.40. The number of aromatic amines is 1. The minimum atomic E-state index is -0.354. The summed E-state index contributed by atoms with van der Waals surface area (Å²) in [4.78, 5) is 36.1. The number of H-pyrrole nitrogens is 1. The summed E-state index contributed by atoms with van der Waals surface area (Å²) < 4.78 is 15.3. The minimum Gasteiger partial charge on any atom is -0.336 e. The lowest BCUT2D eigenvalue weighted by atomic mass is 9.98. The second-order valence-corrected chi connectivity index (χ2v) is 13.0. The van der Waals surface area contributed by atoms with Crippen molar-refractivity contribution in [3.8, 4) is 11.1 Å². The zero-order valence-corrected chi connectivity index (χ0v) is 29.0. The molecule has 1 atom stereocenters. The van der Waals surface area contributed by atoms with Gasteiger partial charge in [0.25, 0.3) is 5.56 Å². The summed E-state index contributed by atoms with van der Waals surface area (Å²) in [5.74, 6) is -0.214. The summed E-state index contributed by atoms with van der Waals surface area (Å²) in [5, 5.41) is 7.96. The number of benzene rings is 3. The lowest BCUT2D eigenvalue weighted by Gasteiger charge is -2.27. The van der Waals surface area contributed by atoms with Crippen molar-refractivity contribution in [3.05, 3.63) is 135 Å². The average molecular weight is 687 g/mol. The van der Waals surface area contributed by atoms with Crippen LogP contribution in [0.2, 0.25) is 5.02 Å². The Labute approximate surface area is 290 Å². The van der Waals surface area contributed by atoms with E-state index in [-0.39, 0.29) is 29.7 Å². The summed E-state index contributed by atoms with van der Waals surface area (Å²) in [6, 6.07) is 22.2. The number of amides is 1. The van der Waals surface area contributed by atoms with E-state index >= 15 is 0 Å². The molecule has 0 spiro atoms. The van der Waals surface area contributed by atoms with E-state index < -0.39 is 0 Å². The molecule has 0 saturated heterocycles. The second-order valence-electron chi connectivity index (χ2n) is 11.6. The SMILES string of the molecule is CCN(CC)CCN(Cc1ccc(-c2ccc(Cl)cc2)cc1)C(=O)Cn1cc(C(C)c2cn[nH]c2)c(=O)nc1SCc1ccc(F)cc1. The smallest absolute Gasteiger partial charge is 0.277 e. The van der Waals surface area contributed by atoms with Crippen LogP contribution in [0.15, 0.2) is 101 Å². The van der Waals surface area contributed by atoms with Gasteiger partial charge in [-0.1, -0.05) is 92.7 Å². The molecule has 0 aliphatic rings. The standard InChI is InChI=1S/C37H40ClFN6O2S/c1-4-43(5-2)18-19-44(22-27-6-10-29(11-7-27)30-12-14-32(38)15-13-30)35(46)24-45-23-34(26(3)31-20-40-41-21-31)36(47)42-37(45)48-25-28-8-16-33(39)17-9-28/h6-17,20-21,23,26H,4-5,18-19,22,24-25H2,1-3H3,(H,40,41). The molecule has 1 amide bonds. The number of aromatic nitrogens is 4. The summed E-state index contributed by atoms with van der Waals surface area (Å²) in [7, 11) is 0. The second kappa shape index (κ2) is 16.7. The van der Waals surface area contributed by atoms with Crippen LogP contribution in [-0.2, 0) is 23.6 Å². The first-order valence-corrected chi connectivity index (χ1v) is 17.4. The van der Waals surface area contributed by atoms with Crippen molar-refractivity contribution in [1.82, 2.24) is 29.5 Å². The van der Waals surface area contributed by atoms with Crippen molar-refractivity contribution >= 4 is 29.3 Å². The van der Waals surface area contributed by atoms with Gasteiger partial charge in [-0.25, -0.2) is 4.39 Å². The van der Waals surface area contributed by atoms with Crippen LogP contribution >= 0.6 is 23.4 Å². The van der Waals surface area contributed by atoms with Crippen LogP contribution in [0.5, 0.6) is 0 Å². The Morgan fingerprint density at radius 2 is 1.60 bits per heavy atom. The summed E-state index contributed by atoms with van der Waals surface area (Å²) in [6.07, 6.45) is 5.19. The highest BCUT2D eigenvalue weighted by Gasteiger charge is 2.21. The Morgan fingerprint density at radius 3 is 2.23 bits per heavy atom. The van der Waals surface area contributed by atoms with Crippen LogP contribution in [0.25, 0.3) is 11.1 Å². The maximum Gasteiger partial charge on any atom is 0.277 e. The number of carbonyl (C=O) groups excluding carboxylic acids is 1. The van der Waals surface area contributed by atoms with Crippen molar-refractivity contribution in [1.29, 1.82) is 0 Å². The number of nitrogens with zero attached hydrogens (tertiary/aromatic N) is 5. The fraction of sp³-hybridized carbons (Fsp3) is 0.297. The van der Waals surface area contributed by atoms with Gasteiger partial charge in [-0.3, -0.25) is 14.7 Å². The van der Waals surface area contributed by atoms with Crippen LogP contribution < -0.4 is 5.56 Å². The molecule has 1 unspecified atom stereocenters. The zero-order valence-electron chi connectivity index (χ0n) is 27.4. The first kappa shape index (κ1) is 35.1. The molecule has 5 aromatic rings. The predicted molar refractivity (Wildman–Crippen MR) is 191 cm³/mol. The zero-order chi connectivity index (χ0) is 34.0. The molecule has 0 bridgehead atoms. The number of hydrogen-bond donors (Lipinski definition) is 1. The Kier molecular flexibility index (Phi) is 12.2. The number of likely N-dealkylation sites (N-methyl/N-ethyl adjacent to an activating group) is 1. The maximum atomic E-state index is 14.2. The Hall–Kier alpha value is -4.25. The fourth-order valence-corrected chi connectivity index (χ4v) is 6.47. The third kappa shape index (κ3) is 9.21. The van der Waals surface area contributed by atoms with Crippen molar-refractivity contribution < 1.29 is 9.18 Å². The van der Waals surface area contributed by atoms with Gasteiger partial charge in [0.1, 0.15) is 12.4 Å². The van der Waals surface area contributed by atoms with Crippen molar-refractivity contribution in [3.63, 3.8) is 0 Å². The number of carbonyl (C=O) groups is 1. The molecule has 8 nitrogen and oxygen atoms in total. The minimum absolute atomic E-state index is 0.00520. The van der Waals surface area contributed by atoms with Gasteiger partial charge in [0.15, 0.2) is 5.16 Å². The number of thioether (sulfide) groups is 1. The van der Waals surface area contributed by atoms with Gasteiger partial charge in [-0.15, -0.1) is 0 Å². The molecule has 250 valence electrons. The number of rotatable bonds is 15. The molecule has 0 aliphatic heterocycles. The van der Waals surface area contributed by atoms with Crippen molar-refractivity contribution in [2.45, 2.75) is 50.7 Å². The highest BCUT2D eigenvalue weighted by molar-refractivity contribution is 7.98. The van der Waals surface area contributed by atoms with Crippen molar-refractivity contribution in [2.24, 2.45) is 0 Å². The summed E-state index contributed by atoms with van der Waals surface area (Å²) in [5.41, 5.74) is 5.00. The Bertz CT molecular complexity index is 1830.